The van der Waals surface area contributed by atoms with Crippen LogP contribution in [0, 0.1) is 5.92 Å². The second-order valence-corrected chi connectivity index (χ2v) is 5.40. The van der Waals surface area contributed by atoms with Crippen molar-refractivity contribution in [1.29, 1.82) is 0 Å². The van der Waals surface area contributed by atoms with Gasteiger partial charge in [0.05, 0.1) is 6.42 Å². The molecule has 114 valence electrons. The minimum Gasteiger partial charge on any atom is -0.480 e. The Kier molecular flexibility index (Phi) is 6.27. The second kappa shape index (κ2) is 7.72. The summed E-state index contributed by atoms with van der Waals surface area (Å²) in [6.07, 6.45) is 5.39. The van der Waals surface area contributed by atoms with E-state index in [0.717, 1.165) is 12.8 Å². The quantitative estimate of drug-likeness (QED) is 0.661. The van der Waals surface area contributed by atoms with Gasteiger partial charge in [0.2, 0.25) is 5.91 Å². The summed E-state index contributed by atoms with van der Waals surface area (Å²) in [6, 6.07) is -1.75. The predicted molar refractivity (Wildman–Crippen MR) is 73.0 cm³/mol. The molecule has 1 rings (SSSR count). The summed E-state index contributed by atoms with van der Waals surface area (Å²) in [6.45, 7) is 0.606. The van der Waals surface area contributed by atoms with E-state index in [0.29, 0.717) is 12.5 Å². The standard InChI is InChI=1S/C13H23N3O4/c1-16(8-9-5-3-2-4-6-9)13(20)15-10(12(18)19)7-11(14)17/h9-10H,2-8H2,1H3,(H2,14,17)(H,15,20)(H,18,19)/t10-/m0/s1. The lowest BCUT2D eigenvalue weighted by Gasteiger charge is -2.28. The number of hydrogen-bond acceptors (Lipinski definition) is 3. The van der Waals surface area contributed by atoms with Gasteiger partial charge >= 0.3 is 12.0 Å². The highest BCUT2D eigenvalue weighted by molar-refractivity contribution is 5.87. The molecule has 20 heavy (non-hydrogen) atoms. The van der Waals surface area contributed by atoms with Crippen LogP contribution >= 0.6 is 0 Å². The van der Waals surface area contributed by atoms with Gasteiger partial charge < -0.3 is 21.1 Å². The molecule has 1 aliphatic carbocycles. The van der Waals surface area contributed by atoms with Crippen LogP contribution in [0.3, 0.4) is 0 Å². The fourth-order valence-electron chi connectivity index (χ4n) is 2.50. The Labute approximate surface area is 118 Å². The van der Waals surface area contributed by atoms with Crippen molar-refractivity contribution in [3.63, 3.8) is 0 Å². The van der Waals surface area contributed by atoms with Crippen LogP contribution in [-0.4, -0.2) is 47.5 Å². The first-order valence-corrected chi connectivity index (χ1v) is 6.93. The van der Waals surface area contributed by atoms with Crippen molar-refractivity contribution in [2.75, 3.05) is 13.6 Å². The summed E-state index contributed by atoms with van der Waals surface area (Å²) in [5.41, 5.74) is 4.97. The van der Waals surface area contributed by atoms with Gasteiger partial charge in [0.25, 0.3) is 0 Å². The average Bonchev–Trinajstić information content (AvgIpc) is 2.38. The molecule has 0 radical (unpaired) electrons. The number of carboxylic acids is 1. The average molecular weight is 285 g/mol. The van der Waals surface area contributed by atoms with Gasteiger partial charge in [0.1, 0.15) is 6.04 Å². The van der Waals surface area contributed by atoms with Gasteiger partial charge in [0.15, 0.2) is 0 Å². The van der Waals surface area contributed by atoms with Crippen molar-refractivity contribution in [1.82, 2.24) is 10.2 Å². The SMILES string of the molecule is CN(CC1CCCCC1)C(=O)N[C@@H](CC(N)=O)C(=O)O. The molecule has 7 nitrogen and oxygen atoms in total. The Bertz CT molecular complexity index is 367. The number of carboxylic acid groups (broad SMARTS) is 1. The summed E-state index contributed by atoms with van der Waals surface area (Å²) in [5.74, 6) is -1.55. The topological polar surface area (TPSA) is 113 Å². The van der Waals surface area contributed by atoms with E-state index in [9.17, 15) is 14.4 Å². The van der Waals surface area contributed by atoms with E-state index in [1.165, 1.54) is 24.2 Å². The summed E-state index contributed by atoms with van der Waals surface area (Å²) >= 11 is 0. The number of hydrogen-bond donors (Lipinski definition) is 3. The molecule has 0 aromatic carbocycles. The van der Waals surface area contributed by atoms with Crippen LogP contribution in [0.4, 0.5) is 4.79 Å². The third-order valence-electron chi connectivity index (χ3n) is 3.60. The lowest BCUT2D eigenvalue weighted by Crippen LogP contribution is -2.49. The highest BCUT2D eigenvalue weighted by Gasteiger charge is 2.25. The van der Waals surface area contributed by atoms with Crippen molar-refractivity contribution >= 4 is 17.9 Å². The molecule has 0 bridgehead atoms. The van der Waals surface area contributed by atoms with Crippen LogP contribution in [0.25, 0.3) is 0 Å². The lowest BCUT2D eigenvalue weighted by molar-refractivity contribution is -0.140. The van der Waals surface area contributed by atoms with E-state index >= 15 is 0 Å². The monoisotopic (exact) mass is 285 g/mol. The third kappa shape index (κ3) is 5.46. The Morgan fingerprint density at radius 1 is 1.30 bits per heavy atom. The second-order valence-electron chi connectivity index (χ2n) is 5.40. The van der Waals surface area contributed by atoms with Gasteiger partial charge in [-0.2, -0.15) is 0 Å². The van der Waals surface area contributed by atoms with Gasteiger partial charge in [-0.3, -0.25) is 4.79 Å². The molecule has 0 unspecified atom stereocenters. The molecule has 1 saturated carbocycles. The van der Waals surface area contributed by atoms with Crippen LogP contribution in [-0.2, 0) is 9.59 Å². The van der Waals surface area contributed by atoms with Gasteiger partial charge in [-0.05, 0) is 18.8 Å². The van der Waals surface area contributed by atoms with Crippen molar-refractivity contribution in [3.8, 4) is 0 Å². The van der Waals surface area contributed by atoms with Gasteiger partial charge in [0, 0.05) is 13.6 Å². The first-order chi connectivity index (χ1) is 9.40. The minimum atomic E-state index is -1.27. The van der Waals surface area contributed by atoms with Crippen LogP contribution in [0.2, 0.25) is 0 Å². The fourth-order valence-corrected chi connectivity index (χ4v) is 2.50. The molecule has 0 heterocycles. The summed E-state index contributed by atoms with van der Waals surface area (Å²) in [4.78, 5) is 35.1. The molecule has 3 amide bonds. The maximum absolute atomic E-state index is 11.9. The molecule has 1 aliphatic rings. The summed E-state index contributed by atoms with van der Waals surface area (Å²) in [5, 5.41) is 11.3. The molecule has 1 atom stereocenters. The summed E-state index contributed by atoms with van der Waals surface area (Å²) in [7, 11) is 1.63. The first kappa shape index (κ1) is 16.3. The maximum Gasteiger partial charge on any atom is 0.326 e. The molecule has 0 aromatic heterocycles. The zero-order chi connectivity index (χ0) is 15.1. The fraction of sp³-hybridized carbons (Fsp3) is 0.769. The molecule has 0 aromatic rings. The number of nitrogens with one attached hydrogen (secondary N) is 1. The Hall–Kier alpha value is -1.79. The molecular weight excluding hydrogens is 262 g/mol. The Morgan fingerprint density at radius 2 is 1.90 bits per heavy atom. The van der Waals surface area contributed by atoms with Crippen molar-refractivity contribution in [3.05, 3.63) is 0 Å². The largest absolute Gasteiger partial charge is 0.480 e. The maximum atomic E-state index is 11.9. The van der Waals surface area contributed by atoms with Gasteiger partial charge in [-0.25, -0.2) is 9.59 Å². The third-order valence-corrected chi connectivity index (χ3v) is 3.60. The number of primary amides is 1. The molecular formula is C13H23N3O4. The van der Waals surface area contributed by atoms with E-state index < -0.39 is 30.4 Å². The molecule has 0 aliphatic heterocycles. The molecule has 4 N–H and O–H groups in total. The van der Waals surface area contributed by atoms with Crippen LogP contribution in [0.15, 0.2) is 0 Å². The van der Waals surface area contributed by atoms with Crippen LogP contribution < -0.4 is 11.1 Å². The normalized spacial score (nSPS) is 17.2. The number of rotatable bonds is 6. The van der Waals surface area contributed by atoms with Crippen LogP contribution in [0.5, 0.6) is 0 Å². The van der Waals surface area contributed by atoms with Crippen LogP contribution in [0.1, 0.15) is 38.5 Å². The Morgan fingerprint density at radius 3 is 2.40 bits per heavy atom. The molecule has 1 fully saturated rings. The molecule has 0 saturated heterocycles. The van der Waals surface area contributed by atoms with Crippen molar-refractivity contribution in [2.24, 2.45) is 11.7 Å². The Balaban J connectivity index is 2.45. The number of urea groups is 1. The highest BCUT2D eigenvalue weighted by Crippen LogP contribution is 2.24. The number of nitrogens with zero attached hydrogens (tertiary/aromatic N) is 1. The molecule has 7 heteroatoms. The van der Waals surface area contributed by atoms with E-state index in [2.05, 4.69) is 5.32 Å². The first-order valence-electron chi connectivity index (χ1n) is 6.93. The zero-order valence-corrected chi connectivity index (χ0v) is 11.8. The van der Waals surface area contributed by atoms with Gasteiger partial charge in [-0.15, -0.1) is 0 Å². The number of carbonyl (C=O) groups excluding carboxylic acids is 2. The minimum absolute atomic E-state index is 0.404. The van der Waals surface area contributed by atoms with Gasteiger partial charge in [-0.1, -0.05) is 19.3 Å². The van der Waals surface area contributed by atoms with Crippen molar-refractivity contribution < 1.29 is 19.5 Å². The lowest BCUT2D eigenvalue weighted by atomic mass is 9.89. The highest BCUT2D eigenvalue weighted by atomic mass is 16.4. The predicted octanol–water partition coefficient (Wildman–Crippen LogP) is 0.537. The summed E-state index contributed by atoms with van der Waals surface area (Å²) < 4.78 is 0. The van der Waals surface area contributed by atoms with E-state index in [-0.39, 0.29) is 0 Å². The number of amides is 3. The number of carbonyl (C=O) groups is 3. The van der Waals surface area contributed by atoms with E-state index in [4.69, 9.17) is 10.8 Å². The number of aliphatic carboxylic acids is 1. The number of nitrogens with two attached hydrogens (primary N) is 1. The zero-order valence-electron chi connectivity index (χ0n) is 11.8. The van der Waals surface area contributed by atoms with Crippen molar-refractivity contribution in [2.45, 2.75) is 44.6 Å². The molecule has 0 spiro atoms. The van der Waals surface area contributed by atoms with E-state index in [1.54, 1.807) is 7.05 Å². The smallest absolute Gasteiger partial charge is 0.326 e. The van der Waals surface area contributed by atoms with E-state index in [1.807, 2.05) is 0 Å².